The van der Waals surface area contributed by atoms with Gasteiger partial charge in [-0.25, -0.2) is 0 Å². The maximum atomic E-state index is 12.2. The first-order valence-electron chi connectivity index (χ1n) is 6.65. The number of hydrogen-bond acceptors (Lipinski definition) is 2. The summed E-state index contributed by atoms with van der Waals surface area (Å²) in [6.07, 6.45) is 1.65. The standard InChI is InChI=1S/C15H20N2OS/c1-3-15(2,13(16)19)14(18)17-9-11-8-10-6-4-5-7-12(10)11/h4-7,11H,3,8-9H2,1-2H3,(H2,16,19)(H,17,18). The van der Waals surface area contributed by atoms with Crippen molar-refractivity contribution in [1.29, 1.82) is 0 Å². The molecule has 0 saturated heterocycles. The number of nitrogens with two attached hydrogens (primary N) is 1. The summed E-state index contributed by atoms with van der Waals surface area (Å²) in [6, 6.07) is 8.35. The van der Waals surface area contributed by atoms with E-state index in [1.165, 1.54) is 11.1 Å². The van der Waals surface area contributed by atoms with Gasteiger partial charge < -0.3 is 11.1 Å². The molecule has 19 heavy (non-hydrogen) atoms. The Balaban J connectivity index is 1.94. The molecule has 0 heterocycles. The third-order valence-electron chi connectivity index (χ3n) is 4.22. The molecule has 0 radical (unpaired) electrons. The Labute approximate surface area is 119 Å². The first-order valence-corrected chi connectivity index (χ1v) is 7.06. The highest BCUT2D eigenvalue weighted by atomic mass is 32.1. The minimum absolute atomic E-state index is 0.0631. The van der Waals surface area contributed by atoms with Crippen LogP contribution < -0.4 is 11.1 Å². The first-order chi connectivity index (χ1) is 8.99. The molecule has 2 rings (SSSR count). The molecule has 3 N–H and O–H groups in total. The van der Waals surface area contributed by atoms with E-state index in [-0.39, 0.29) is 10.9 Å². The van der Waals surface area contributed by atoms with Crippen LogP contribution in [0.5, 0.6) is 0 Å². The molecular formula is C15H20N2OS. The number of thiocarbonyl (C=S) groups is 1. The van der Waals surface area contributed by atoms with Crippen LogP contribution >= 0.6 is 12.2 Å². The average Bonchev–Trinajstić information content (AvgIpc) is 2.38. The Morgan fingerprint density at radius 1 is 1.53 bits per heavy atom. The molecule has 2 unspecified atom stereocenters. The van der Waals surface area contributed by atoms with Gasteiger partial charge in [-0.15, -0.1) is 0 Å². The lowest BCUT2D eigenvalue weighted by molar-refractivity contribution is -0.127. The van der Waals surface area contributed by atoms with E-state index in [0.717, 1.165) is 6.42 Å². The van der Waals surface area contributed by atoms with Gasteiger partial charge in [-0.1, -0.05) is 43.4 Å². The Kier molecular flexibility index (Phi) is 3.90. The smallest absolute Gasteiger partial charge is 0.232 e. The molecule has 3 nitrogen and oxygen atoms in total. The number of rotatable bonds is 5. The lowest BCUT2D eigenvalue weighted by atomic mass is 9.77. The molecule has 1 aromatic carbocycles. The summed E-state index contributed by atoms with van der Waals surface area (Å²) < 4.78 is 0. The second kappa shape index (κ2) is 5.29. The van der Waals surface area contributed by atoms with E-state index in [9.17, 15) is 4.79 Å². The summed E-state index contributed by atoms with van der Waals surface area (Å²) in [7, 11) is 0. The van der Waals surface area contributed by atoms with E-state index in [1.54, 1.807) is 6.92 Å². The van der Waals surface area contributed by atoms with Gasteiger partial charge >= 0.3 is 0 Å². The van der Waals surface area contributed by atoms with Crippen LogP contribution in [0.4, 0.5) is 0 Å². The fourth-order valence-corrected chi connectivity index (χ4v) is 2.64. The minimum Gasteiger partial charge on any atom is -0.392 e. The molecule has 0 fully saturated rings. The van der Waals surface area contributed by atoms with Crippen LogP contribution in [0.2, 0.25) is 0 Å². The van der Waals surface area contributed by atoms with Crippen molar-refractivity contribution in [3.63, 3.8) is 0 Å². The van der Waals surface area contributed by atoms with Gasteiger partial charge in [-0.05, 0) is 30.9 Å². The Morgan fingerprint density at radius 2 is 2.21 bits per heavy atom. The second-order valence-electron chi connectivity index (χ2n) is 5.36. The zero-order valence-corrected chi connectivity index (χ0v) is 12.2. The first kappa shape index (κ1) is 14.0. The maximum absolute atomic E-state index is 12.2. The molecule has 102 valence electrons. The quantitative estimate of drug-likeness (QED) is 0.810. The van der Waals surface area contributed by atoms with Gasteiger partial charge in [0, 0.05) is 12.5 Å². The minimum atomic E-state index is -0.738. The predicted molar refractivity (Wildman–Crippen MR) is 81.1 cm³/mol. The van der Waals surface area contributed by atoms with Crippen molar-refractivity contribution >= 4 is 23.1 Å². The molecule has 0 saturated carbocycles. The molecule has 1 aliphatic carbocycles. The molecule has 0 spiro atoms. The monoisotopic (exact) mass is 276 g/mol. The van der Waals surface area contributed by atoms with E-state index in [4.69, 9.17) is 18.0 Å². The highest BCUT2D eigenvalue weighted by molar-refractivity contribution is 7.80. The zero-order valence-electron chi connectivity index (χ0n) is 11.4. The molecule has 2 atom stereocenters. The predicted octanol–water partition coefficient (Wildman–Crippen LogP) is 2.14. The number of amides is 1. The Bertz CT molecular complexity index is 515. The lowest BCUT2D eigenvalue weighted by Crippen LogP contribution is -2.48. The van der Waals surface area contributed by atoms with Gasteiger partial charge in [-0.2, -0.15) is 0 Å². The fraction of sp³-hybridized carbons (Fsp3) is 0.467. The summed E-state index contributed by atoms with van der Waals surface area (Å²) in [4.78, 5) is 12.5. The number of benzene rings is 1. The van der Waals surface area contributed by atoms with E-state index >= 15 is 0 Å². The summed E-state index contributed by atoms with van der Waals surface area (Å²) in [5, 5.41) is 2.99. The summed E-state index contributed by atoms with van der Waals surface area (Å²) in [6.45, 7) is 4.39. The van der Waals surface area contributed by atoms with E-state index in [2.05, 4.69) is 23.5 Å². The van der Waals surface area contributed by atoms with Crippen molar-refractivity contribution in [3.8, 4) is 0 Å². The third-order valence-corrected chi connectivity index (χ3v) is 4.67. The number of nitrogens with one attached hydrogen (secondary N) is 1. The van der Waals surface area contributed by atoms with Crippen LogP contribution in [0.25, 0.3) is 0 Å². The average molecular weight is 276 g/mol. The maximum Gasteiger partial charge on any atom is 0.232 e. The van der Waals surface area contributed by atoms with Crippen molar-refractivity contribution in [2.24, 2.45) is 11.1 Å². The van der Waals surface area contributed by atoms with Crippen molar-refractivity contribution in [2.45, 2.75) is 32.6 Å². The van der Waals surface area contributed by atoms with Crippen molar-refractivity contribution in [1.82, 2.24) is 5.32 Å². The SMILES string of the molecule is CCC(C)(C(=O)NCC1Cc2ccccc21)C(N)=S. The third kappa shape index (κ3) is 2.50. The highest BCUT2D eigenvalue weighted by Crippen LogP contribution is 2.34. The van der Waals surface area contributed by atoms with Crippen LogP contribution in [-0.2, 0) is 11.2 Å². The van der Waals surface area contributed by atoms with Gasteiger partial charge in [0.15, 0.2) is 0 Å². The van der Waals surface area contributed by atoms with E-state index in [1.807, 2.05) is 13.0 Å². The molecule has 0 aromatic heterocycles. The van der Waals surface area contributed by atoms with Gasteiger partial charge in [0.1, 0.15) is 0 Å². The largest absolute Gasteiger partial charge is 0.392 e. The van der Waals surface area contributed by atoms with Gasteiger partial charge in [-0.3, -0.25) is 4.79 Å². The van der Waals surface area contributed by atoms with Crippen LogP contribution in [0.3, 0.4) is 0 Å². The molecule has 0 aliphatic heterocycles. The molecule has 1 amide bonds. The van der Waals surface area contributed by atoms with E-state index in [0.29, 0.717) is 18.9 Å². The van der Waals surface area contributed by atoms with Crippen LogP contribution in [-0.4, -0.2) is 17.4 Å². The fourth-order valence-electron chi connectivity index (χ4n) is 2.40. The normalized spacial score (nSPS) is 19.8. The van der Waals surface area contributed by atoms with Gasteiger partial charge in [0.25, 0.3) is 0 Å². The number of carbonyl (C=O) groups excluding carboxylic acids is 1. The number of fused-ring (bicyclic) bond motifs is 1. The number of hydrogen-bond donors (Lipinski definition) is 2. The molecule has 1 aliphatic rings. The molecule has 4 heteroatoms. The highest BCUT2D eigenvalue weighted by Gasteiger charge is 2.35. The van der Waals surface area contributed by atoms with E-state index < -0.39 is 5.41 Å². The van der Waals surface area contributed by atoms with Crippen LogP contribution in [0, 0.1) is 5.41 Å². The summed E-state index contributed by atoms with van der Waals surface area (Å²) in [5.74, 6) is 0.361. The second-order valence-corrected chi connectivity index (χ2v) is 5.80. The summed E-state index contributed by atoms with van der Waals surface area (Å²) in [5.41, 5.74) is 7.67. The van der Waals surface area contributed by atoms with Crippen LogP contribution in [0.1, 0.15) is 37.3 Å². The zero-order chi connectivity index (χ0) is 14.0. The van der Waals surface area contributed by atoms with Gasteiger partial charge in [0.05, 0.1) is 10.4 Å². The Hall–Kier alpha value is -1.42. The van der Waals surface area contributed by atoms with Crippen molar-refractivity contribution < 1.29 is 4.79 Å². The Morgan fingerprint density at radius 3 is 2.79 bits per heavy atom. The topological polar surface area (TPSA) is 55.1 Å². The van der Waals surface area contributed by atoms with Crippen LogP contribution in [0.15, 0.2) is 24.3 Å². The lowest BCUT2D eigenvalue weighted by Gasteiger charge is -2.32. The van der Waals surface area contributed by atoms with Crippen molar-refractivity contribution in [3.05, 3.63) is 35.4 Å². The van der Waals surface area contributed by atoms with Crippen molar-refractivity contribution in [2.75, 3.05) is 6.54 Å². The molecule has 0 bridgehead atoms. The number of carbonyl (C=O) groups is 1. The molecular weight excluding hydrogens is 256 g/mol. The molecule has 1 aromatic rings. The van der Waals surface area contributed by atoms with Gasteiger partial charge in [0.2, 0.25) is 5.91 Å². The summed E-state index contributed by atoms with van der Waals surface area (Å²) >= 11 is 5.01.